The topological polar surface area (TPSA) is 27.7 Å². The van der Waals surface area contributed by atoms with Gasteiger partial charge >= 0.3 is 152 Å². The van der Waals surface area contributed by atoms with Crippen molar-refractivity contribution in [2.24, 2.45) is 0 Å². The van der Waals surface area contributed by atoms with Gasteiger partial charge in [-0.3, -0.25) is 0 Å². The van der Waals surface area contributed by atoms with E-state index in [9.17, 15) is 224 Å². The van der Waals surface area contributed by atoms with Crippen molar-refractivity contribution in [1.82, 2.24) is 0 Å². The van der Waals surface area contributed by atoms with E-state index < -0.39 is 191 Å². The molecule has 55 heteroatoms. The lowest BCUT2D eigenvalue weighted by atomic mass is 9.88. The molecule has 0 radical (unpaired) electrons. The van der Waals surface area contributed by atoms with Gasteiger partial charge in [-0.25, -0.2) is 0 Å². The van der Waals surface area contributed by atoms with E-state index in [0.717, 1.165) is 0 Å². The van der Waals surface area contributed by atoms with Crippen LogP contribution in [0.15, 0.2) is 0 Å². The van der Waals surface area contributed by atoms with Gasteiger partial charge < -0.3 is 13.6 Å². The molecule has 0 aliphatic carbocycles. The molecule has 0 fully saturated rings. The second kappa shape index (κ2) is 22.0. The molecule has 0 rings (SSSR count). The maximum absolute atomic E-state index is 14.3. The van der Waals surface area contributed by atoms with E-state index in [0.29, 0.717) is 0 Å². The zero-order valence-electron chi connectivity index (χ0n) is 37.2. The van der Waals surface area contributed by atoms with Crippen LogP contribution in [0.25, 0.3) is 0 Å². The first-order valence-electron chi connectivity index (χ1n) is 18.9. The van der Waals surface area contributed by atoms with E-state index in [2.05, 4.69) is 13.6 Å². The molecule has 0 atom stereocenters. The molecule has 0 aliphatic rings. The summed E-state index contributed by atoms with van der Waals surface area (Å²) in [7, 11) is -5.62. The van der Waals surface area contributed by atoms with Crippen molar-refractivity contribution in [3.8, 4) is 0 Å². The third-order valence-corrected chi connectivity index (χ3v) is 11.4. The van der Waals surface area contributed by atoms with Crippen LogP contribution in [0, 0.1) is 0 Å². The highest BCUT2D eigenvalue weighted by molar-refractivity contribution is 7.41. The SMILES string of the molecule is FC(F)(F)C(F)(F)C(F)(F)C(F)(F)C(F)(F)C(F)(F)C(F)(F)C(F)(F)CCOP(OCCC(F)(F)C(F)(F)C(F)(F)C(F)(F)C(F)(F)C(F)(F)C(F)(F)C(F)(F)F)OCCC(F)(F)C(F)(F)C(F)(F)C(F)(F)C(F)(F)C(F)(F)C(F)(F)C(F)(F)F. The third-order valence-electron chi connectivity index (χ3n) is 10.2. The summed E-state index contributed by atoms with van der Waals surface area (Å²) >= 11 is 0. The van der Waals surface area contributed by atoms with Gasteiger partial charge in [0.25, 0.3) is 0 Å². The van der Waals surface area contributed by atoms with Crippen LogP contribution >= 0.6 is 8.60 Å². The van der Waals surface area contributed by atoms with Crippen LogP contribution in [-0.4, -0.2) is 163 Å². The van der Waals surface area contributed by atoms with Crippen LogP contribution in [0.5, 0.6) is 0 Å². The maximum atomic E-state index is 14.3. The van der Waals surface area contributed by atoms with Crippen molar-refractivity contribution >= 4 is 8.60 Å². The fourth-order valence-corrected chi connectivity index (χ4v) is 5.86. The highest BCUT2D eigenvalue weighted by atomic mass is 31.2. The van der Waals surface area contributed by atoms with E-state index in [4.69, 9.17) is 0 Å². The van der Waals surface area contributed by atoms with Crippen molar-refractivity contribution in [2.45, 2.75) is 162 Å². The van der Waals surface area contributed by atoms with E-state index in [1.807, 2.05) is 0 Å². The summed E-state index contributed by atoms with van der Waals surface area (Å²) in [6.45, 7) is -10.6. The number of alkyl halides is 51. The molecule has 85 heavy (non-hydrogen) atoms. The molecular weight excluding hydrogens is 1410 g/mol. The zero-order chi connectivity index (χ0) is 69.9. The second-order valence-electron chi connectivity index (χ2n) is 15.9. The van der Waals surface area contributed by atoms with Crippen molar-refractivity contribution in [3.63, 3.8) is 0 Å². The Balaban J connectivity index is 7.65. The van der Waals surface area contributed by atoms with Crippen LogP contribution in [-0.2, 0) is 13.6 Å². The molecular formula is C30H12F51O3P. The molecule has 0 aromatic heterocycles. The fourth-order valence-electron chi connectivity index (χ4n) is 4.92. The van der Waals surface area contributed by atoms with Crippen LogP contribution in [0.3, 0.4) is 0 Å². The Kier molecular flexibility index (Phi) is 21.2. The monoisotopic (exact) mass is 1420 g/mol. The number of rotatable bonds is 30. The summed E-state index contributed by atoms with van der Waals surface area (Å²) in [5, 5.41) is 0. The summed E-state index contributed by atoms with van der Waals surface area (Å²) in [4.78, 5) is 0. The van der Waals surface area contributed by atoms with Gasteiger partial charge in [0.1, 0.15) is 0 Å². The molecule has 0 heterocycles. The highest BCUT2D eigenvalue weighted by Gasteiger charge is 2.98. The van der Waals surface area contributed by atoms with E-state index in [1.54, 1.807) is 0 Å². The van der Waals surface area contributed by atoms with Crippen molar-refractivity contribution in [1.29, 1.82) is 0 Å². The van der Waals surface area contributed by atoms with Gasteiger partial charge in [0.05, 0.1) is 19.8 Å². The number of hydrogen-bond donors (Lipinski definition) is 0. The molecule has 0 amide bonds. The van der Waals surface area contributed by atoms with Crippen molar-refractivity contribution in [2.75, 3.05) is 19.8 Å². The molecule has 0 saturated carbocycles. The predicted octanol–water partition coefficient (Wildman–Crippen LogP) is 18.5. The molecule has 0 aromatic rings. The third kappa shape index (κ3) is 11.7. The minimum atomic E-state index is -9.46. The smallest absolute Gasteiger partial charge is 0.312 e. The summed E-state index contributed by atoms with van der Waals surface area (Å²) in [6, 6.07) is 0. The molecule has 3 nitrogen and oxygen atoms in total. The van der Waals surface area contributed by atoms with Gasteiger partial charge in [-0.05, 0) is 0 Å². The average Bonchev–Trinajstić information content (AvgIpc) is 3.26. The van der Waals surface area contributed by atoms with Crippen molar-refractivity contribution < 1.29 is 237 Å². The summed E-state index contributed by atoms with van der Waals surface area (Å²) in [5.74, 6) is -189. The summed E-state index contributed by atoms with van der Waals surface area (Å²) in [5.41, 5.74) is 0. The molecule has 0 N–H and O–H groups in total. The predicted molar refractivity (Wildman–Crippen MR) is 161 cm³/mol. The quantitative estimate of drug-likeness (QED) is 0.0530. The lowest BCUT2D eigenvalue weighted by Crippen LogP contribution is -2.74. The van der Waals surface area contributed by atoms with E-state index in [-0.39, 0.29) is 0 Å². The summed E-state index contributed by atoms with van der Waals surface area (Å²) < 4.78 is 701. The first-order valence-corrected chi connectivity index (χ1v) is 20.0. The Morgan fingerprint density at radius 2 is 0.259 bits per heavy atom. The Bertz CT molecular complexity index is 2020. The maximum Gasteiger partial charge on any atom is 0.460 e. The minimum absolute atomic E-state index is 3.29. The molecule has 0 aliphatic heterocycles. The van der Waals surface area contributed by atoms with Crippen LogP contribution in [0.4, 0.5) is 224 Å². The molecule has 512 valence electrons. The molecule has 0 saturated heterocycles. The van der Waals surface area contributed by atoms with Gasteiger partial charge in [-0.1, -0.05) is 0 Å². The summed E-state index contributed by atoms with van der Waals surface area (Å²) in [6.07, 6.45) is -37.5. The first-order chi connectivity index (χ1) is 36.0. The van der Waals surface area contributed by atoms with Crippen LogP contribution in [0.2, 0.25) is 0 Å². The van der Waals surface area contributed by atoms with Crippen LogP contribution in [0.1, 0.15) is 19.3 Å². The molecule has 0 spiro atoms. The van der Waals surface area contributed by atoms with Crippen molar-refractivity contribution in [3.05, 3.63) is 0 Å². The number of halogens is 51. The second-order valence-corrected chi connectivity index (χ2v) is 17.1. The number of hydrogen-bond acceptors (Lipinski definition) is 3. The average molecular weight is 1420 g/mol. The van der Waals surface area contributed by atoms with Gasteiger partial charge in [0, 0.05) is 19.3 Å². The van der Waals surface area contributed by atoms with E-state index in [1.165, 1.54) is 0 Å². The standard InChI is InChI=1S/C30H12F51O3P/c31-7(32,10(37,38)13(43,44)16(49,50)19(55,56)22(61,62)25(67,68)28(73,74)75)1-4-82-85(83-5-2-8(33,34)11(39,40)14(45,46)17(51,52)20(57,58)23(63,64)26(69,70)29(76,77)78)84-6-3-9(35,36)12(41,42)15(47,48)18(53,54)21(59,60)24(65,66)27(71,72)30(79,80)81/h1-6H2. The van der Waals surface area contributed by atoms with Crippen LogP contribution < -0.4 is 0 Å². The van der Waals surface area contributed by atoms with Gasteiger partial charge in [0.2, 0.25) is 0 Å². The Labute approximate surface area is 429 Å². The Hall–Kier alpha value is -3.26. The highest BCUT2D eigenvalue weighted by Crippen LogP contribution is 2.68. The largest absolute Gasteiger partial charge is 0.460 e. The normalized spacial score (nSPS) is 16.9. The van der Waals surface area contributed by atoms with Gasteiger partial charge in [-0.15, -0.1) is 0 Å². The van der Waals surface area contributed by atoms with Gasteiger partial charge in [-0.2, -0.15) is 224 Å². The first kappa shape index (κ1) is 81.7. The van der Waals surface area contributed by atoms with Gasteiger partial charge in [0.15, 0.2) is 0 Å². The molecule has 0 unspecified atom stereocenters. The minimum Gasteiger partial charge on any atom is -0.312 e. The van der Waals surface area contributed by atoms with E-state index >= 15 is 0 Å². The Morgan fingerprint density at radius 3 is 0.376 bits per heavy atom. The zero-order valence-corrected chi connectivity index (χ0v) is 38.1. The molecule has 0 bridgehead atoms. The fraction of sp³-hybridized carbons (Fsp3) is 1.00. The lowest BCUT2D eigenvalue weighted by molar-refractivity contribution is -0.462. The lowest BCUT2D eigenvalue weighted by Gasteiger charge is -2.43. The molecule has 0 aromatic carbocycles. The Morgan fingerprint density at radius 1 is 0.153 bits per heavy atom.